The minimum atomic E-state index is -4.79. The van der Waals surface area contributed by atoms with Crippen LogP contribution in [0.25, 0.3) is 5.65 Å². The molecule has 0 spiro atoms. The van der Waals surface area contributed by atoms with Crippen LogP contribution >= 0.6 is 11.6 Å². The molecular weight excluding hydrogens is 454 g/mol. The highest BCUT2D eigenvalue weighted by molar-refractivity contribution is 6.29. The van der Waals surface area contributed by atoms with Crippen molar-refractivity contribution < 1.29 is 31.1 Å². The fraction of sp³-hybridized carbons (Fsp3) is 0.294. The first-order valence-corrected chi connectivity index (χ1v) is 8.92. The summed E-state index contributed by atoms with van der Waals surface area (Å²) in [5, 5.41) is 5.92. The first-order valence-electron chi connectivity index (χ1n) is 8.54. The lowest BCUT2D eigenvalue weighted by atomic mass is 9.88. The van der Waals surface area contributed by atoms with E-state index in [0.717, 1.165) is 34.8 Å². The van der Waals surface area contributed by atoms with Crippen LogP contribution in [-0.2, 0) is 11.6 Å². The molecule has 14 heteroatoms. The number of nitrogens with one attached hydrogen (secondary N) is 1. The van der Waals surface area contributed by atoms with E-state index in [0.29, 0.717) is 6.07 Å². The Morgan fingerprint density at radius 2 is 1.90 bits per heavy atom. The van der Waals surface area contributed by atoms with Crippen LogP contribution in [0.1, 0.15) is 18.3 Å². The van der Waals surface area contributed by atoms with E-state index >= 15 is 0 Å². The number of carbonyl (C=O) groups is 1. The third-order valence-electron chi connectivity index (χ3n) is 4.89. The van der Waals surface area contributed by atoms with Gasteiger partial charge in [0.25, 0.3) is 0 Å². The second-order valence-corrected chi connectivity index (χ2v) is 7.39. The quantitative estimate of drug-likeness (QED) is 0.531. The molecular formula is C17H11ClF6N6O. The Morgan fingerprint density at radius 1 is 1.19 bits per heavy atom. The Bertz CT molecular complexity index is 1190. The van der Waals surface area contributed by atoms with Gasteiger partial charge >= 0.3 is 18.4 Å². The van der Waals surface area contributed by atoms with Gasteiger partial charge in [-0.05, 0) is 19.1 Å². The van der Waals surface area contributed by atoms with Crippen molar-refractivity contribution in [1.29, 1.82) is 0 Å². The molecule has 3 aromatic heterocycles. The molecule has 7 nitrogen and oxygen atoms in total. The first kappa shape index (κ1) is 21.2. The highest BCUT2D eigenvalue weighted by Crippen LogP contribution is 2.50. The van der Waals surface area contributed by atoms with Gasteiger partial charge in [0.05, 0.1) is 17.6 Å². The summed E-state index contributed by atoms with van der Waals surface area (Å²) in [4.78, 5) is 20.7. The Balaban J connectivity index is 1.76. The smallest absolute Gasteiger partial charge is 0.307 e. The number of pyridine rings is 1. The molecule has 2 amide bonds. The number of halogens is 7. The molecule has 1 atom stereocenters. The average Bonchev–Trinajstić information content (AvgIpc) is 3.18. The Labute approximate surface area is 174 Å². The van der Waals surface area contributed by atoms with Crippen LogP contribution in [0.15, 0.2) is 30.6 Å². The summed E-state index contributed by atoms with van der Waals surface area (Å²) >= 11 is 5.81. The number of amides is 2. The summed E-state index contributed by atoms with van der Waals surface area (Å²) in [5.74, 6) is 0. The monoisotopic (exact) mass is 464 g/mol. The zero-order chi connectivity index (χ0) is 22.8. The van der Waals surface area contributed by atoms with Gasteiger partial charge in [-0.2, -0.15) is 31.4 Å². The van der Waals surface area contributed by atoms with Crippen molar-refractivity contribution in [2.24, 2.45) is 0 Å². The van der Waals surface area contributed by atoms with Crippen molar-refractivity contribution in [2.75, 3.05) is 16.8 Å². The van der Waals surface area contributed by atoms with E-state index in [-0.39, 0.29) is 27.9 Å². The van der Waals surface area contributed by atoms with Gasteiger partial charge in [0.2, 0.25) is 0 Å². The van der Waals surface area contributed by atoms with E-state index in [9.17, 15) is 31.1 Å². The van der Waals surface area contributed by atoms with Crippen molar-refractivity contribution in [2.45, 2.75) is 24.7 Å². The van der Waals surface area contributed by atoms with Gasteiger partial charge in [0, 0.05) is 24.5 Å². The Morgan fingerprint density at radius 3 is 2.55 bits per heavy atom. The molecule has 3 aromatic rings. The number of nitrogens with zero attached hydrogens (tertiary/aromatic N) is 5. The van der Waals surface area contributed by atoms with Crippen LogP contribution in [0, 0.1) is 0 Å². The van der Waals surface area contributed by atoms with Gasteiger partial charge in [-0.1, -0.05) is 11.6 Å². The number of alkyl halides is 6. The first-order chi connectivity index (χ1) is 14.3. The summed E-state index contributed by atoms with van der Waals surface area (Å²) in [5.41, 5.74) is -4.60. The maximum atomic E-state index is 14.0. The van der Waals surface area contributed by atoms with E-state index < -0.39 is 36.0 Å². The Kier molecular flexibility index (Phi) is 4.57. The lowest BCUT2D eigenvalue weighted by Gasteiger charge is -2.28. The van der Waals surface area contributed by atoms with Crippen LogP contribution in [0.3, 0.4) is 0 Å². The van der Waals surface area contributed by atoms with Crippen LogP contribution in [0.4, 0.5) is 42.5 Å². The highest BCUT2D eigenvalue weighted by atomic mass is 35.5. The van der Waals surface area contributed by atoms with Crippen molar-refractivity contribution >= 4 is 34.7 Å². The molecule has 0 aliphatic carbocycles. The summed E-state index contributed by atoms with van der Waals surface area (Å²) in [7, 11) is 0. The zero-order valence-corrected chi connectivity index (χ0v) is 16.1. The van der Waals surface area contributed by atoms with Crippen molar-refractivity contribution in [3.05, 3.63) is 47.1 Å². The summed E-state index contributed by atoms with van der Waals surface area (Å²) in [6.07, 6.45) is -7.66. The molecule has 0 fully saturated rings. The molecule has 1 N–H and O–H groups in total. The SMILES string of the molecule is C[C@@]1(C(F)(F)F)CN(C(=O)Nc2ccnc(C(F)(F)F)c2)c2cnc3cc(Cl)nn3c21. The van der Waals surface area contributed by atoms with Crippen LogP contribution in [0.2, 0.25) is 5.15 Å². The summed E-state index contributed by atoms with van der Waals surface area (Å²) in [6.45, 7) is 0.0511. The molecule has 1 aliphatic heterocycles. The van der Waals surface area contributed by atoms with Crippen LogP contribution < -0.4 is 10.2 Å². The van der Waals surface area contributed by atoms with Crippen LogP contribution in [0.5, 0.6) is 0 Å². The minimum Gasteiger partial charge on any atom is -0.307 e. The fourth-order valence-electron chi connectivity index (χ4n) is 3.35. The van der Waals surface area contributed by atoms with E-state index in [4.69, 9.17) is 11.6 Å². The molecule has 4 rings (SSSR count). The standard InChI is InChI=1S/C17H11ClF6N6O/c1-15(17(22,23)24)7-29(9-6-26-12-5-11(18)28-30(12)13(9)15)14(31)27-8-2-3-25-10(4-8)16(19,20)21/h2-6H,7H2,1H3,(H,25,27,31)/t15-/m1/s1. The van der Waals surface area contributed by atoms with E-state index in [1.54, 1.807) is 0 Å². The molecule has 1 aliphatic rings. The number of anilines is 2. The molecule has 0 unspecified atom stereocenters. The normalized spacial score (nSPS) is 19.0. The van der Waals surface area contributed by atoms with E-state index in [2.05, 4.69) is 20.4 Å². The third-order valence-corrected chi connectivity index (χ3v) is 5.08. The van der Waals surface area contributed by atoms with Gasteiger partial charge < -0.3 is 5.32 Å². The number of hydrogen-bond donors (Lipinski definition) is 1. The molecule has 0 bridgehead atoms. The molecule has 31 heavy (non-hydrogen) atoms. The van der Waals surface area contributed by atoms with E-state index in [1.165, 1.54) is 6.07 Å². The number of fused-ring (bicyclic) bond motifs is 3. The second kappa shape index (κ2) is 6.70. The predicted molar refractivity (Wildman–Crippen MR) is 97.0 cm³/mol. The summed E-state index contributed by atoms with van der Waals surface area (Å²) < 4.78 is 81.5. The minimum absolute atomic E-state index is 0.0467. The highest BCUT2D eigenvalue weighted by Gasteiger charge is 2.60. The molecule has 0 radical (unpaired) electrons. The number of urea groups is 1. The molecule has 0 saturated heterocycles. The van der Waals surface area contributed by atoms with Gasteiger partial charge in [0.1, 0.15) is 11.1 Å². The lowest BCUT2D eigenvalue weighted by Crippen LogP contribution is -2.46. The van der Waals surface area contributed by atoms with Gasteiger partial charge in [-0.25, -0.2) is 14.3 Å². The molecule has 4 heterocycles. The molecule has 164 valence electrons. The van der Waals surface area contributed by atoms with Crippen LogP contribution in [-0.4, -0.2) is 38.3 Å². The zero-order valence-electron chi connectivity index (χ0n) is 15.4. The number of aromatic nitrogens is 4. The van der Waals surface area contributed by atoms with Gasteiger partial charge in [-0.15, -0.1) is 0 Å². The Hall–Kier alpha value is -3.09. The number of carbonyl (C=O) groups excluding carboxylic acids is 1. The van der Waals surface area contributed by atoms with Crippen molar-refractivity contribution in [1.82, 2.24) is 19.6 Å². The van der Waals surface area contributed by atoms with Gasteiger partial charge in [0.15, 0.2) is 10.8 Å². The predicted octanol–water partition coefficient (Wildman–Crippen LogP) is 4.67. The van der Waals surface area contributed by atoms with E-state index in [1.807, 2.05) is 0 Å². The van der Waals surface area contributed by atoms with Crippen molar-refractivity contribution in [3.8, 4) is 0 Å². The second-order valence-electron chi connectivity index (χ2n) is 7.00. The number of rotatable bonds is 1. The largest absolute Gasteiger partial charge is 0.433 e. The van der Waals surface area contributed by atoms with Gasteiger partial charge in [-0.3, -0.25) is 9.88 Å². The summed E-state index contributed by atoms with van der Waals surface area (Å²) in [6, 6.07) is 1.85. The maximum Gasteiger partial charge on any atom is 0.433 e. The van der Waals surface area contributed by atoms with Crippen molar-refractivity contribution in [3.63, 3.8) is 0 Å². The fourth-order valence-corrected chi connectivity index (χ4v) is 3.52. The molecule has 0 aromatic carbocycles. The lowest BCUT2D eigenvalue weighted by molar-refractivity contribution is -0.181. The molecule has 0 saturated carbocycles. The maximum absolute atomic E-state index is 14.0. The topological polar surface area (TPSA) is 75.4 Å². The number of hydrogen-bond acceptors (Lipinski definition) is 4. The third kappa shape index (κ3) is 3.42. The average molecular weight is 465 g/mol.